The van der Waals surface area contributed by atoms with Crippen LogP contribution in [0.25, 0.3) is 0 Å². The van der Waals surface area contributed by atoms with Crippen molar-refractivity contribution in [1.82, 2.24) is 4.90 Å². The molecule has 1 saturated carbocycles. The summed E-state index contributed by atoms with van der Waals surface area (Å²) < 4.78 is 26.7. The van der Waals surface area contributed by atoms with Gasteiger partial charge in [0.05, 0.1) is 5.60 Å². The van der Waals surface area contributed by atoms with Crippen LogP contribution in [0.1, 0.15) is 24.8 Å². The first kappa shape index (κ1) is 12.1. The second-order valence-electron chi connectivity index (χ2n) is 5.57. The zero-order valence-corrected chi connectivity index (χ0v) is 10.2. The topological polar surface area (TPSA) is 23.5 Å². The highest BCUT2D eigenvalue weighted by atomic mass is 19.2. The van der Waals surface area contributed by atoms with Crippen molar-refractivity contribution in [3.05, 3.63) is 35.4 Å². The minimum Gasteiger partial charge on any atom is -0.388 e. The zero-order chi connectivity index (χ0) is 12.8. The third kappa shape index (κ3) is 2.27. The maximum atomic E-state index is 13.6. The molecular formula is C14H17F2NO. The number of nitrogens with zero attached hydrogens (tertiary/aromatic N) is 1. The van der Waals surface area contributed by atoms with E-state index in [4.69, 9.17) is 0 Å². The Bertz CT molecular complexity index is 461. The van der Waals surface area contributed by atoms with Gasteiger partial charge in [0.1, 0.15) is 0 Å². The molecule has 98 valence electrons. The molecule has 0 aromatic heterocycles. The van der Waals surface area contributed by atoms with Crippen LogP contribution in [0.15, 0.2) is 18.2 Å². The van der Waals surface area contributed by atoms with E-state index in [9.17, 15) is 13.9 Å². The van der Waals surface area contributed by atoms with Gasteiger partial charge in [0.25, 0.3) is 0 Å². The molecule has 1 unspecified atom stereocenters. The van der Waals surface area contributed by atoms with Crippen LogP contribution in [0.3, 0.4) is 0 Å². The van der Waals surface area contributed by atoms with E-state index in [-0.39, 0.29) is 12.0 Å². The molecule has 1 atom stereocenters. The van der Waals surface area contributed by atoms with Crippen molar-refractivity contribution in [2.75, 3.05) is 13.1 Å². The summed E-state index contributed by atoms with van der Waals surface area (Å²) in [5, 5.41) is 10.5. The average molecular weight is 253 g/mol. The molecule has 2 aliphatic rings. The fourth-order valence-corrected chi connectivity index (χ4v) is 2.82. The monoisotopic (exact) mass is 253 g/mol. The molecule has 3 rings (SSSR count). The van der Waals surface area contributed by atoms with E-state index in [2.05, 4.69) is 4.90 Å². The molecule has 1 aliphatic carbocycles. The predicted molar refractivity (Wildman–Crippen MR) is 64.2 cm³/mol. The Morgan fingerprint density at radius 2 is 2.11 bits per heavy atom. The number of aliphatic hydroxyl groups is 1. The first-order valence-electron chi connectivity index (χ1n) is 6.47. The Kier molecular flexibility index (Phi) is 2.87. The molecule has 0 bridgehead atoms. The molecular weight excluding hydrogens is 236 g/mol. The van der Waals surface area contributed by atoms with E-state index in [0.29, 0.717) is 19.0 Å². The van der Waals surface area contributed by atoms with Gasteiger partial charge in [-0.2, -0.15) is 0 Å². The van der Waals surface area contributed by atoms with Gasteiger partial charge in [0, 0.05) is 25.6 Å². The van der Waals surface area contributed by atoms with Gasteiger partial charge < -0.3 is 5.11 Å². The van der Waals surface area contributed by atoms with E-state index in [1.807, 2.05) is 0 Å². The average Bonchev–Trinajstić information content (AvgIpc) is 3.10. The van der Waals surface area contributed by atoms with Crippen molar-refractivity contribution in [2.24, 2.45) is 0 Å². The van der Waals surface area contributed by atoms with Crippen molar-refractivity contribution in [1.29, 1.82) is 0 Å². The molecule has 0 spiro atoms. The Morgan fingerprint density at radius 1 is 1.33 bits per heavy atom. The number of benzene rings is 1. The Balaban J connectivity index is 1.73. The van der Waals surface area contributed by atoms with E-state index < -0.39 is 17.2 Å². The standard InChI is InChI=1S/C14H17F2NO/c15-12-3-1-2-10(13(12)16)8-14(18)6-7-17(9-14)11-4-5-11/h1-3,11,18H,4-9H2. The lowest BCUT2D eigenvalue weighted by molar-refractivity contribution is 0.0477. The summed E-state index contributed by atoms with van der Waals surface area (Å²) in [4.78, 5) is 2.26. The van der Waals surface area contributed by atoms with Crippen LogP contribution in [0.5, 0.6) is 0 Å². The molecule has 1 heterocycles. The molecule has 4 heteroatoms. The van der Waals surface area contributed by atoms with Gasteiger partial charge in [-0.15, -0.1) is 0 Å². The fourth-order valence-electron chi connectivity index (χ4n) is 2.82. The Morgan fingerprint density at radius 3 is 2.83 bits per heavy atom. The maximum Gasteiger partial charge on any atom is 0.162 e. The molecule has 2 nitrogen and oxygen atoms in total. The highest BCUT2D eigenvalue weighted by Crippen LogP contribution is 2.35. The highest BCUT2D eigenvalue weighted by Gasteiger charge is 2.42. The zero-order valence-electron chi connectivity index (χ0n) is 10.2. The van der Waals surface area contributed by atoms with Crippen LogP contribution in [0, 0.1) is 11.6 Å². The smallest absolute Gasteiger partial charge is 0.162 e. The number of halogens is 2. The van der Waals surface area contributed by atoms with Gasteiger partial charge >= 0.3 is 0 Å². The summed E-state index contributed by atoms with van der Waals surface area (Å²) in [6.45, 7) is 1.44. The minimum atomic E-state index is -0.906. The fraction of sp³-hybridized carbons (Fsp3) is 0.571. The third-order valence-corrected chi connectivity index (χ3v) is 3.98. The molecule has 1 saturated heterocycles. The summed E-state index contributed by atoms with van der Waals surface area (Å²) in [5.41, 5.74) is -0.632. The first-order valence-corrected chi connectivity index (χ1v) is 6.47. The first-order chi connectivity index (χ1) is 8.57. The molecule has 2 fully saturated rings. The summed E-state index contributed by atoms with van der Waals surface area (Å²) in [7, 11) is 0. The SMILES string of the molecule is OC1(Cc2cccc(F)c2F)CCN(C2CC2)C1. The lowest BCUT2D eigenvalue weighted by Gasteiger charge is -2.23. The van der Waals surface area contributed by atoms with Gasteiger partial charge in [0.2, 0.25) is 0 Å². The van der Waals surface area contributed by atoms with Gasteiger partial charge in [-0.05, 0) is 30.9 Å². The van der Waals surface area contributed by atoms with Gasteiger partial charge in [-0.3, -0.25) is 4.90 Å². The largest absolute Gasteiger partial charge is 0.388 e. The summed E-state index contributed by atoms with van der Waals surface area (Å²) in [6.07, 6.45) is 3.23. The van der Waals surface area contributed by atoms with Gasteiger partial charge in [-0.1, -0.05) is 12.1 Å². The highest BCUT2D eigenvalue weighted by molar-refractivity contribution is 5.21. The van der Waals surface area contributed by atoms with Crippen molar-refractivity contribution in [2.45, 2.75) is 37.3 Å². The molecule has 1 aliphatic heterocycles. The molecule has 0 amide bonds. The van der Waals surface area contributed by atoms with Gasteiger partial charge in [0.15, 0.2) is 11.6 Å². The normalized spacial score (nSPS) is 28.8. The number of likely N-dealkylation sites (tertiary alicyclic amines) is 1. The molecule has 1 N–H and O–H groups in total. The van der Waals surface area contributed by atoms with Crippen LogP contribution in [-0.2, 0) is 6.42 Å². The molecule has 1 aromatic rings. The molecule has 1 aromatic carbocycles. The van der Waals surface area contributed by atoms with E-state index in [1.165, 1.54) is 18.9 Å². The number of hydrogen-bond donors (Lipinski definition) is 1. The summed E-state index contributed by atoms with van der Waals surface area (Å²) in [5.74, 6) is -1.66. The minimum absolute atomic E-state index is 0.194. The summed E-state index contributed by atoms with van der Waals surface area (Å²) in [6, 6.07) is 4.76. The Labute approximate surface area is 105 Å². The third-order valence-electron chi connectivity index (χ3n) is 3.98. The van der Waals surface area contributed by atoms with Crippen molar-refractivity contribution in [3.63, 3.8) is 0 Å². The van der Waals surface area contributed by atoms with Crippen LogP contribution < -0.4 is 0 Å². The van der Waals surface area contributed by atoms with Crippen LogP contribution >= 0.6 is 0 Å². The lowest BCUT2D eigenvalue weighted by atomic mass is 9.93. The van der Waals surface area contributed by atoms with Crippen molar-refractivity contribution in [3.8, 4) is 0 Å². The quantitative estimate of drug-likeness (QED) is 0.891. The van der Waals surface area contributed by atoms with Crippen molar-refractivity contribution < 1.29 is 13.9 Å². The van der Waals surface area contributed by atoms with Crippen LogP contribution in [0.2, 0.25) is 0 Å². The summed E-state index contributed by atoms with van der Waals surface area (Å²) >= 11 is 0. The van der Waals surface area contributed by atoms with Crippen LogP contribution in [-0.4, -0.2) is 34.7 Å². The number of β-amino-alcohol motifs (C(OH)–C–C–N with tert-alkyl or cyclic N) is 1. The molecule has 0 radical (unpaired) electrons. The van der Waals surface area contributed by atoms with Gasteiger partial charge in [-0.25, -0.2) is 8.78 Å². The lowest BCUT2D eigenvalue weighted by Crippen LogP contribution is -2.36. The van der Waals surface area contributed by atoms with E-state index in [0.717, 1.165) is 12.6 Å². The van der Waals surface area contributed by atoms with E-state index in [1.54, 1.807) is 6.07 Å². The Hall–Kier alpha value is -1.00. The number of rotatable bonds is 3. The second kappa shape index (κ2) is 4.28. The van der Waals surface area contributed by atoms with E-state index >= 15 is 0 Å². The maximum absolute atomic E-state index is 13.6. The van der Waals surface area contributed by atoms with Crippen molar-refractivity contribution >= 4 is 0 Å². The predicted octanol–water partition coefficient (Wildman–Crippen LogP) is 2.11. The number of hydrogen-bond acceptors (Lipinski definition) is 2. The second-order valence-corrected chi connectivity index (χ2v) is 5.57. The molecule has 18 heavy (non-hydrogen) atoms. The van der Waals surface area contributed by atoms with Crippen LogP contribution in [0.4, 0.5) is 8.78 Å².